The van der Waals surface area contributed by atoms with E-state index in [0.29, 0.717) is 5.88 Å². The van der Waals surface area contributed by atoms with Gasteiger partial charge in [0.1, 0.15) is 0 Å². The zero-order valence-corrected chi connectivity index (χ0v) is 11.1. The summed E-state index contributed by atoms with van der Waals surface area (Å²) in [5.74, 6) is 0.506. The first-order valence-electron chi connectivity index (χ1n) is 5.91. The molecule has 0 unspecified atom stereocenters. The van der Waals surface area contributed by atoms with Gasteiger partial charge in [-0.3, -0.25) is 9.97 Å². The molecule has 2 rings (SSSR count). The molecule has 0 amide bonds. The van der Waals surface area contributed by atoms with Crippen LogP contribution in [-0.2, 0) is 12.3 Å². The molecule has 0 aliphatic heterocycles. The number of halogens is 1. The van der Waals surface area contributed by atoms with Crippen molar-refractivity contribution in [3.63, 3.8) is 0 Å². The molecular weight excluding hydrogens is 246 g/mol. The molecule has 0 aliphatic carbocycles. The molecule has 0 fully saturated rings. The van der Waals surface area contributed by atoms with E-state index in [2.05, 4.69) is 21.9 Å². The lowest BCUT2D eigenvalue weighted by Crippen LogP contribution is -2.22. The van der Waals surface area contributed by atoms with Gasteiger partial charge in [-0.05, 0) is 23.8 Å². The van der Waals surface area contributed by atoms with Crippen LogP contribution >= 0.6 is 11.6 Å². The van der Waals surface area contributed by atoms with E-state index < -0.39 is 0 Å². The molecule has 2 heterocycles. The molecule has 94 valence electrons. The lowest BCUT2D eigenvalue weighted by molar-refractivity contribution is 0.846. The van der Waals surface area contributed by atoms with Gasteiger partial charge in [0.2, 0.25) is 0 Å². The zero-order valence-electron chi connectivity index (χ0n) is 10.4. The van der Waals surface area contributed by atoms with Crippen LogP contribution in [0, 0.1) is 0 Å². The van der Waals surface area contributed by atoms with E-state index in [-0.39, 0.29) is 0 Å². The Morgan fingerprint density at radius 1 is 1.22 bits per heavy atom. The van der Waals surface area contributed by atoms with Crippen molar-refractivity contribution in [3.05, 3.63) is 54.1 Å². The number of nitrogens with zero attached hydrogens (tertiary/aromatic N) is 3. The van der Waals surface area contributed by atoms with Gasteiger partial charge in [0, 0.05) is 44.0 Å². The van der Waals surface area contributed by atoms with Crippen molar-refractivity contribution in [2.45, 2.75) is 12.3 Å². The van der Waals surface area contributed by atoms with Crippen molar-refractivity contribution in [2.75, 3.05) is 18.5 Å². The molecule has 3 nitrogen and oxygen atoms in total. The summed E-state index contributed by atoms with van der Waals surface area (Å²) in [5.41, 5.74) is 3.29. The van der Waals surface area contributed by atoms with Gasteiger partial charge in [-0.15, -0.1) is 11.6 Å². The van der Waals surface area contributed by atoms with Crippen molar-refractivity contribution in [3.8, 4) is 0 Å². The third-order valence-corrected chi connectivity index (χ3v) is 3.16. The van der Waals surface area contributed by atoms with Gasteiger partial charge >= 0.3 is 0 Å². The van der Waals surface area contributed by atoms with Crippen molar-refractivity contribution < 1.29 is 0 Å². The van der Waals surface area contributed by atoms with Gasteiger partial charge in [0.05, 0.1) is 11.9 Å². The fraction of sp³-hybridized carbons (Fsp3) is 0.286. The van der Waals surface area contributed by atoms with Crippen LogP contribution in [0.1, 0.15) is 11.3 Å². The Morgan fingerprint density at radius 3 is 2.83 bits per heavy atom. The van der Waals surface area contributed by atoms with E-state index >= 15 is 0 Å². The van der Waals surface area contributed by atoms with Crippen LogP contribution in [-0.4, -0.2) is 23.6 Å². The Morgan fingerprint density at radius 2 is 2.11 bits per heavy atom. The third kappa shape index (κ3) is 3.20. The molecule has 4 heteroatoms. The molecule has 0 radical (unpaired) electrons. The van der Waals surface area contributed by atoms with Crippen LogP contribution in [0.4, 0.5) is 5.69 Å². The molecule has 0 aliphatic rings. The van der Waals surface area contributed by atoms with Crippen molar-refractivity contribution in [2.24, 2.45) is 0 Å². The third-order valence-electron chi connectivity index (χ3n) is 2.87. The Balaban J connectivity index is 2.01. The lowest BCUT2D eigenvalue weighted by atomic mass is 10.2. The monoisotopic (exact) mass is 261 g/mol. The average Bonchev–Trinajstić information content (AvgIpc) is 2.45. The summed E-state index contributed by atoms with van der Waals surface area (Å²) in [7, 11) is 2.05. The van der Waals surface area contributed by atoms with Gasteiger partial charge in [-0.1, -0.05) is 6.07 Å². The predicted molar refractivity (Wildman–Crippen MR) is 75.0 cm³/mol. The standard InChI is InChI=1S/C14H16ClN3/c1-18(9-6-13-4-2-3-7-17-13)14-11-16-8-5-12(14)10-15/h2-5,7-8,11H,6,9-10H2,1H3. The summed E-state index contributed by atoms with van der Waals surface area (Å²) >= 11 is 5.93. The second-order valence-corrected chi connectivity index (χ2v) is 4.40. The molecule has 0 aromatic carbocycles. The summed E-state index contributed by atoms with van der Waals surface area (Å²) in [4.78, 5) is 10.6. The first-order chi connectivity index (χ1) is 8.81. The molecular formula is C14H16ClN3. The topological polar surface area (TPSA) is 29.0 Å². The number of anilines is 1. The van der Waals surface area contributed by atoms with E-state index in [4.69, 9.17) is 11.6 Å². The maximum atomic E-state index is 5.93. The van der Waals surface area contributed by atoms with E-state index in [9.17, 15) is 0 Å². The minimum absolute atomic E-state index is 0.506. The summed E-state index contributed by atoms with van der Waals surface area (Å²) in [6, 6.07) is 7.94. The van der Waals surface area contributed by atoms with Gasteiger partial charge in [-0.25, -0.2) is 0 Å². The fourth-order valence-electron chi connectivity index (χ4n) is 1.82. The summed E-state index contributed by atoms with van der Waals surface area (Å²) in [6.45, 7) is 0.895. The number of likely N-dealkylation sites (N-methyl/N-ethyl adjacent to an activating group) is 1. The molecule has 2 aromatic heterocycles. The van der Waals surface area contributed by atoms with Gasteiger partial charge in [0.15, 0.2) is 0 Å². The van der Waals surface area contributed by atoms with Gasteiger partial charge in [0.25, 0.3) is 0 Å². The summed E-state index contributed by atoms with van der Waals surface area (Å²) in [5, 5.41) is 0. The SMILES string of the molecule is CN(CCc1ccccn1)c1cnccc1CCl. The first-order valence-corrected chi connectivity index (χ1v) is 6.44. The highest BCUT2D eigenvalue weighted by molar-refractivity contribution is 6.17. The fourth-order valence-corrected chi connectivity index (χ4v) is 2.05. The Kier molecular flexibility index (Phi) is 4.53. The highest BCUT2D eigenvalue weighted by Gasteiger charge is 2.06. The predicted octanol–water partition coefficient (Wildman–Crippen LogP) is 2.89. The number of hydrogen-bond donors (Lipinski definition) is 0. The molecule has 0 saturated carbocycles. The summed E-state index contributed by atoms with van der Waals surface area (Å²) < 4.78 is 0. The van der Waals surface area contributed by atoms with Crippen LogP contribution in [0.2, 0.25) is 0 Å². The van der Waals surface area contributed by atoms with Crippen LogP contribution in [0.25, 0.3) is 0 Å². The highest BCUT2D eigenvalue weighted by atomic mass is 35.5. The quantitative estimate of drug-likeness (QED) is 0.775. The molecule has 0 N–H and O–H groups in total. The normalized spacial score (nSPS) is 10.3. The maximum absolute atomic E-state index is 5.93. The number of rotatable bonds is 5. The molecule has 0 spiro atoms. The zero-order chi connectivity index (χ0) is 12.8. The van der Waals surface area contributed by atoms with Gasteiger partial charge in [-0.2, -0.15) is 0 Å². The smallest absolute Gasteiger partial charge is 0.0595 e. The number of alkyl halides is 1. The molecule has 0 bridgehead atoms. The molecule has 18 heavy (non-hydrogen) atoms. The van der Waals surface area contributed by atoms with Crippen LogP contribution in [0.5, 0.6) is 0 Å². The lowest BCUT2D eigenvalue weighted by Gasteiger charge is -2.21. The van der Waals surface area contributed by atoms with Crippen LogP contribution in [0.3, 0.4) is 0 Å². The first kappa shape index (κ1) is 12.8. The van der Waals surface area contributed by atoms with E-state index in [1.165, 1.54) is 0 Å². The Hall–Kier alpha value is -1.61. The van der Waals surface area contributed by atoms with E-state index in [1.54, 1.807) is 6.20 Å². The van der Waals surface area contributed by atoms with Crippen LogP contribution in [0.15, 0.2) is 42.9 Å². The summed E-state index contributed by atoms with van der Waals surface area (Å²) in [6.07, 6.45) is 6.36. The Bertz CT molecular complexity index is 487. The van der Waals surface area contributed by atoms with Crippen molar-refractivity contribution in [1.82, 2.24) is 9.97 Å². The van der Waals surface area contributed by atoms with E-state index in [1.807, 2.05) is 36.7 Å². The Labute approximate surface area is 112 Å². The highest BCUT2D eigenvalue weighted by Crippen LogP contribution is 2.19. The average molecular weight is 262 g/mol. The number of pyridine rings is 2. The number of hydrogen-bond acceptors (Lipinski definition) is 3. The second-order valence-electron chi connectivity index (χ2n) is 4.13. The van der Waals surface area contributed by atoms with Gasteiger partial charge < -0.3 is 4.90 Å². The molecule has 2 aromatic rings. The van der Waals surface area contributed by atoms with Crippen molar-refractivity contribution in [1.29, 1.82) is 0 Å². The van der Waals surface area contributed by atoms with Crippen LogP contribution < -0.4 is 4.90 Å². The minimum Gasteiger partial charge on any atom is -0.373 e. The number of aromatic nitrogens is 2. The minimum atomic E-state index is 0.506. The van der Waals surface area contributed by atoms with Crippen molar-refractivity contribution >= 4 is 17.3 Å². The second kappa shape index (κ2) is 6.36. The maximum Gasteiger partial charge on any atom is 0.0595 e. The van der Waals surface area contributed by atoms with E-state index in [0.717, 1.165) is 29.9 Å². The molecule has 0 saturated heterocycles. The largest absolute Gasteiger partial charge is 0.373 e. The molecule has 0 atom stereocenters.